The number of aliphatic hydroxyl groups excluding tert-OH is 2. The number of piperidine rings is 2. The third-order valence-electron chi connectivity index (χ3n) is 15.3. The average molecular weight is 1540 g/mol. The van der Waals surface area contributed by atoms with Gasteiger partial charge in [-0.15, -0.1) is 23.5 Å². The van der Waals surface area contributed by atoms with Gasteiger partial charge in [-0.1, -0.05) is 132 Å². The molecule has 2 fully saturated rings. The van der Waals surface area contributed by atoms with Gasteiger partial charge in [-0.05, 0) is 133 Å². The van der Waals surface area contributed by atoms with Crippen LogP contribution in [0.25, 0.3) is 22.3 Å². The van der Waals surface area contributed by atoms with Crippen LogP contribution in [0.4, 0.5) is 55.3 Å². The van der Waals surface area contributed by atoms with Crippen molar-refractivity contribution in [3.63, 3.8) is 0 Å². The fraction of sp³-hybridized carbons (Fsp3) is 0.341. The highest BCUT2D eigenvalue weighted by Crippen LogP contribution is 2.44. The van der Waals surface area contributed by atoms with Crippen LogP contribution in [-0.2, 0) is 55.9 Å². The van der Waals surface area contributed by atoms with Crippen molar-refractivity contribution >= 4 is 46.7 Å². The van der Waals surface area contributed by atoms with Gasteiger partial charge in [0.2, 0.25) is 11.8 Å². The minimum Gasteiger partial charge on any atom is -0.384 e. The molecule has 2 unspecified atom stereocenters. The Morgan fingerprint density at radius 3 is 1.30 bits per heavy atom. The molecule has 4 aliphatic rings. The van der Waals surface area contributed by atoms with Crippen LogP contribution >= 0.6 is 23.5 Å². The summed E-state index contributed by atoms with van der Waals surface area (Å²) in [6.45, 7) is -33.4. The zero-order valence-electron chi connectivity index (χ0n) is 91.7. The van der Waals surface area contributed by atoms with Crippen LogP contribution in [0.1, 0.15) is 143 Å². The van der Waals surface area contributed by atoms with E-state index in [1.807, 2.05) is 0 Å². The largest absolute Gasteiger partial charge is 0.416 e. The number of aliphatic hydroxyl groups is 2. The molecule has 0 aliphatic carbocycles. The fourth-order valence-electron chi connectivity index (χ4n) is 9.93. The van der Waals surface area contributed by atoms with Crippen LogP contribution in [0.5, 0.6) is 0 Å². The summed E-state index contributed by atoms with van der Waals surface area (Å²) >= 11 is -0.182. The first-order chi connectivity index (χ1) is 64.8. The Balaban J connectivity index is 0.000000271. The first kappa shape index (κ1) is 44.1. The van der Waals surface area contributed by atoms with E-state index in [-0.39, 0.29) is 64.7 Å². The molecule has 8 aromatic carbocycles. The lowest BCUT2D eigenvalue weighted by atomic mass is 9.99. The number of methoxy groups -OCH3 is 2. The maximum absolute atomic E-state index is 15.8. The number of amides is 2. The zero-order valence-corrected chi connectivity index (χ0v) is 57.3. The summed E-state index contributed by atoms with van der Waals surface area (Å²) < 4.78 is 480. The van der Waals surface area contributed by atoms with E-state index in [1.54, 1.807) is 0 Å². The summed E-state index contributed by atoms with van der Waals surface area (Å²) in [5.74, 6) is -12.1. The minimum absolute atomic E-state index is 0.0138. The Kier molecular flexibility index (Phi) is 14.8. The van der Waals surface area contributed by atoms with Crippen molar-refractivity contribution in [1.82, 2.24) is 19.6 Å². The van der Waals surface area contributed by atoms with Gasteiger partial charge in [0.05, 0.1) is 59.1 Å². The topological polar surface area (TPSA) is 113 Å². The van der Waals surface area contributed by atoms with Gasteiger partial charge < -0.3 is 49.1 Å². The normalized spacial score (nSPS) is 26.9. The molecule has 4 aliphatic heterocycles. The summed E-state index contributed by atoms with van der Waals surface area (Å²) in [7, 11) is 2.17. The Morgan fingerprint density at radius 2 is 0.915 bits per heavy atom. The highest BCUT2D eigenvalue weighted by Gasteiger charge is 2.37. The van der Waals surface area contributed by atoms with Crippen molar-refractivity contribution in [3.8, 4) is 22.3 Å². The molecule has 560 valence electrons. The van der Waals surface area contributed by atoms with Crippen molar-refractivity contribution in [1.29, 1.82) is 0 Å². The van der Waals surface area contributed by atoms with E-state index in [4.69, 9.17) is 34.1 Å². The SMILES string of the molecule is [2H]C1=C(SC([2H])([2H])c2cccc(F)c2F)N(C([2H])([2H])C(=O)N(C([2H])([2H])c2ccc(-c3ccc(C(F)(F)F)cc3)cc2)C2([2H])C([2H])([2H])C([2H])([2H])N(CCOC)C([2H])([2H])C2([2H])[2H])c2c([2H])c([2H])c(C)c([2H])c2C1O.[2H]C1=C(SCc2cccc(F)c2F)N(C([2H])([2H])C(=O)N(C([2H])([2H])c2ccc(-c3ccc(C(F)(F)F)cc3)cc2)C2([2H])C([2H])([2H])C([2H])([2H])N(CCOC)C([2H])([2H])C2([2H])[2H])c2c([2H])c([2H])c(C)c([2H])c2C1O. The molecule has 2 atom stereocenters. The second kappa shape index (κ2) is 35.5. The number of ether oxygens (including phenoxy) is 2. The number of rotatable bonds is 24. The van der Waals surface area contributed by atoms with E-state index in [9.17, 15) is 70.0 Å². The molecule has 0 saturated carbocycles. The van der Waals surface area contributed by atoms with Crippen LogP contribution < -0.4 is 9.80 Å². The number of anilines is 2. The second-order valence-corrected chi connectivity index (χ2v) is 24.4. The van der Waals surface area contributed by atoms with E-state index < -0.39 is 323 Å². The average Bonchev–Trinajstić information content (AvgIpc) is 0.660. The van der Waals surface area contributed by atoms with Crippen molar-refractivity contribution in [2.24, 2.45) is 0 Å². The Hall–Kier alpha value is -8.46. The highest BCUT2D eigenvalue weighted by molar-refractivity contribution is 8.02. The zero-order chi connectivity index (χ0) is 108. The first-order valence-corrected chi connectivity index (χ1v) is 33.2. The fourth-order valence-corrected chi connectivity index (χ4v) is 11.7. The molecule has 0 aromatic heterocycles. The summed E-state index contributed by atoms with van der Waals surface area (Å²) in [6.07, 6.45) is -31.6. The van der Waals surface area contributed by atoms with Gasteiger partial charge in [0, 0.05) is 148 Å². The van der Waals surface area contributed by atoms with E-state index >= 15 is 18.4 Å². The van der Waals surface area contributed by atoms with Gasteiger partial charge in [-0.3, -0.25) is 9.59 Å². The molecule has 12 rings (SSSR count). The molecule has 12 nitrogen and oxygen atoms in total. The Labute approximate surface area is 670 Å². The van der Waals surface area contributed by atoms with Crippen molar-refractivity contribution < 1.29 is 123 Å². The van der Waals surface area contributed by atoms with E-state index in [0.29, 0.717) is 6.07 Å². The van der Waals surface area contributed by atoms with Crippen LogP contribution in [-0.4, -0.2) is 133 Å². The van der Waals surface area contributed by atoms with E-state index in [0.717, 1.165) is 155 Å². The van der Waals surface area contributed by atoms with Crippen molar-refractivity contribution in [2.75, 3.05) is 89.3 Å². The predicted molar refractivity (Wildman–Crippen MR) is 396 cm³/mol. The lowest BCUT2D eigenvalue weighted by Gasteiger charge is -2.40. The van der Waals surface area contributed by atoms with Gasteiger partial charge in [0.15, 0.2) is 23.3 Å². The molecule has 24 heteroatoms. The number of likely N-dealkylation sites (tertiary alicyclic amines) is 2. The molecule has 2 N–H and O–H groups in total. The Morgan fingerprint density at radius 1 is 0.547 bits per heavy atom. The quantitative estimate of drug-likeness (QED) is 0.0562. The molecule has 0 radical (unpaired) electrons. The van der Waals surface area contributed by atoms with Crippen LogP contribution in [0, 0.1) is 37.1 Å². The van der Waals surface area contributed by atoms with Gasteiger partial charge in [-0.25, -0.2) is 17.6 Å². The third kappa shape index (κ3) is 19.8. The lowest BCUT2D eigenvalue weighted by Crippen LogP contribution is -2.50. The summed E-state index contributed by atoms with van der Waals surface area (Å²) in [5, 5.41) is 20.8. The maximum atomic E-state index is 15.8. The molecule has 2 saturated heterocycles. The molecule has 4 heterocycles. The number of fused-ring (bicyclic) bond motifs is 2. The molecule has 0 spiro atoms. The lowest BCUT2D eigenvalue weighted by molar-refractivity contribution is -0.138. The number of thioether (sulfide) groups is 2. The molecular formula is C82H84F10N6O6S2. The number of halogens is 10. The van der Waals surface area contributed by atoms with Crippen molar-refractivity contribution in [3.05, 3.63) is 271 Å². The maximum Gasteiger partial charge on any atom is 0.416 e. The first-order valence-electron chi connectivity index (χ1n) is 49.4. The van der Waals surface area contributed by atoms with Gasteiger partial charge >= 0.3 is 12.4 Å². The highest BCUT2D eigenvalue weighted by atomic mass is 32.2. The number of alkyl halides is 6. The standard InChI is InChI=1S/2C41H42F5N3O3S/c2*1-27-6-15-36-34(22-27)37(50)23-39(53-26-31-4-3-5-35(42)40(31)43)49(36)25-38(51)48(33-16-18-47(19-17-33)20-21-52-2)24-28-7-9-29(10-8-28)30-11-13-32(14-12-30)41(44,45)46/h2*3-15,22-23,33,37,50H,16-21,24-26H2,1-2H3/i6D,15D,16D2,17D2,18D2,19D2,22D,23D,24D2,25D2,26D2,33D;6D,15D,16D2,17D2,18D2,19D2,22D,23D,24D2,25D2,33D. The smallest absolute Gasteiger partial charge is 0.384 e. The second-order valence-electron chi connectivity index (χ2n) is 22.7. The van der Waals surface area contributed by atoms with Gasteiger partial charge in [0.1, 0.15) is 25.2 Å². The molecule has 2 amide bonds. The minimum atomic E-state index is -4.74. The summed E-state index contributed by atoms with van der Waals surface area (Å²) in [4.78, 5) is 30.0. The number of nitrogens with zero attached hydrogens (tertiary/aromatic N) is 6. The van der Waals surface area contributed by atoms with E-state index in [2.05, 4.69) is 0 Å². The number of carbonyl (C=O) groups is 2. The van der Waals surface area contributed by atoms with Gasteiger partial charge in [-0.2, -0.15) is 26.3 Å². The molecule has 106 heavy (non-hydrogen) atoms. The molecule has 0 bridgehead atoms. The number of carbonyl (C=O) groups excluding carboxylic acids is 2. The van der Waals surface area contributed by atoms with Crippen LogP contribution in [0.3, 0.4) is 0 Å². The van der Waals surface area contributed by atoms with Crippen LogP contribution in [0.2, 0.25) is 0 Å². The summed E-state index contributed by atoms with van der Waals surface area (Å²) in [5.41, 5.74) is -13.0. The van der Waals surface area contributed by atoms with Gasteiger partial charge in [0.25, 0.3) is 0 Å². The third-order valence-corrected chi connectivity index (χ3v) is 17.1. The van der Waals surface area contributed by atoms with Crippen LogP contribution in [0.15, 0.2) is 192 Å². The number of benzene rings is 8. The van der Waals surface area contributed by atoms with E-state index in [1.165, 1.54) is 0 Å². The molecular weight excluding hydrogens is 1420 g/mol. The monoisotopic (exact) mass is 1540 g/mol. The van der Waals surface area contributed by atoms with Crippen molar-refractivity contribution in [2.45, 2.75) is 100 Å². The number of hydrogen-bond acceptors (Lipinski definition) is 12. The molecule has 8 aromatic rings. The summed E-state index contributed by atoms with van der Waals surface area (Å²) in [6, 6.07) is 2.52. The Bertz CT molecular complexity index is 6240. The predicted octanol–water partition coefficient (Wildman–Crippen LogP) is 17.5. The number of hydrogen-bond donors (Lipinski definition) is 2.